The maximum Gasteiger partial charge on any atom is 0.289 e. The maximum absolute atomic E-state index is 12.4. The number of nitrogens with zero attached hydrogens (tertiary/aromatic N) is 3. The monoisotopic (exact) mass is 464 g/mol. The van der Waals surface area contributed by atoms with Crippen molar-refractivity contribution in [1.29, 1.82) is 0 Å². The number of nitrogens with one attached hydrogen (secondary N) is 3. The Morgan fingerprint density at radius 1 is 1.03 bits per heavy atom. The summed E-state index contributed by atoms with van der Waals surface area (Å²) in [4.78, 5) is 18.0. The minimum atomic E-state index is -3.85. The minimum absolute atomic E-state index is 0.00714. The number of thiocarbonyl (C=S) groups is 1. The van der Waals surface area contributed by atoms with Gasteiger partial charge in [0.1, 0.15) is 5.02 Å². The van der Waals surface area contributed by atoms with Crippen molar-refractivity contribution in [2.45, 2.75) is 4.90 Å². The predicted molar refractivity (Wildman–Crippen MR) is 117 cm³/mol. The van der Waals surface area contributed by atoms with Crippen molar-refractivity contribution < 1.29 is 13.3 Å². The van der Waals surface area contributed by atoms with E-state index in [2.05, 4.69) is 25.3 Å². The number of benzene rings is 2. The zero-order valence-corrected chi connectivity index (χ0v) is 17.3. The Kier molecular flexibility index (Phi) is 6.40. The Morgan fingerprint density at radius 3 is 2.27 bits per heavy atom. The molecule has 10 nitrogen and oxygen atoms in total. The third-order valence-corrected chi connectivity index (χ3v) is 5.48. The van der Waals surface area contributed by atoms with Crippen LogP contribution < -0.4 is 15.4 Å². The molecule has 1 aromatic heterocycles. The molecular weight excluding hydrogens is 452 g/mol. The zero-order valence-electron chi connectivity index (χ0n) is 14.9. The molecule has 154 valence electrons. The number of nitro groups is 1. The molecule has 0 aliphatic rings. The molecule has 3 rings (SSSR count). The van der Waals surface area contributed by atoms with E-state index in [4.69, 9.17) is 23.8 Å². The van der Waals surface area contributed by atoms with Crippen LogP contribution in [0.15, 0.2) is 65.8 Å². The molecule has 0 spiro atoms. The van der Waals surface area contributed by atoms with Crippen molar-refractivity contribution in [3.05, 3.63) is 76.1 Å². The first-order valence-corrected chi connectivity index (χ1v) is 10.4. The highest BCUT2D eigenvalue weighted by molar-refractivity contribution is 7.92. The first-order valence-electron chi connectivity index (χ1n) is 8.16. The maximum atomic E-state index is 12.4. The Hall–Kier alpha value is -3.35. The van der Waals surface area contributed by atoms with Crippen molar-refractivity contribution >= 4 is 62.0 Å². The van der Waals surface area contributed by atoms with Crippen LogP contribution in [0.5, 0.6) is 0 Å². The molecule has 1 heterocycles. The summed E-state index contributed by atoms with van der Waals surface area (Å²) in [6.07, 6.45) is 2.84. The molecule has 0 unspecified atom stereocenters. The Morgan fingerprint density at radius 2 is 1.63 bits per heavy atom. The average Bonchev–Trinajstić information content (AvgIpc) is 2.70. The fourth-order valence-corrected chi connectivity index (χ4v) is 3.65. The normalized spacial score (nSPS) is 10.8. The third-order valence-electron chi connectivity index (χ3n) is 3.61. The van der Waals surface area contributed by atoms with Gasteiger partial charge in [-0.3, -0.25) is 10.1 Å². The van der Waals surface area contributed by atoms with Crippen molar-refractivity contribution in [1.82, 2.24) is 9.97 Å². The van der Waals surface area contributed by atoms with Crippen LogP contribution in [0.2, 0.25) is 5.02 Å². The molecule has 0 fully saturated rings. The van der Waals surface area contributed by atoms with Gasteiger partial charge < -0.3 is 10.6 Å². The molecule has 3 N–H and O–H groups in total. The van der Waals surface area contributed by atoms with Gasteiger partial charge in [-0.2, -0.15) is 0 Å². The Balaban J connectivity index is 1.66. The van der Waals surface area contributed by atoms with E-state index in [1.807, 2.05) is 0 Å². The van der Waals surface area contributed by atoms with Crippen molar-refractivity contribution in [3.8, 4) is 0 Å². The molecule has 0 bridgehead atoms. The summed E-state index contributed by atoms with van der Waals surface area (Å²) in [5, 5.41) is 16.8. The second-order valence-electron chi connectivity index (χ2n) is 5.70. The lowest BCUT2D eigenvalue weighted by Crippen LogP contribution is -2.19. The summed E-state index contributed by atoms with van der Waals surface area (Å²) in [5.74, 6) is -0.0397. The summed E-state index contributed by atoms with van der Waals surface area (Å²) in [5.41, 5.74) is 0.620. The Labute approximate surface area is 181 Å². The third kappa shape index (κ3) is 5.37. The summed E-state index contributed by atoms with van der Waals surface area (Å²) in [7, 11) is -3.85. The summed E-state index contributed by atoms with van der Waals surface area (Å²) >= 11 is 11.0. The topological polar surface area (TPSA) is 139 Å². The van der Waals surface area contributed by atoms with Gasteiger partial charge in [0, 0.05) is 29.8 Å². The van der Waals surface area contributed by atoms with E-state index in [0.717, 1.165) is 0 Å². The highest BCUT2D eigenvalue weighted by atomic mass is 35.5. The van der Waals surface area contributed by atoms with Gasteiger partial charge in [0.05, 0.1) is 9.82 Å². The molecule has 0 radical (unpaired) electrons. The average molecular weight is 465 g/mol. The lowest BCUT2D eigenvalue weighted by atomic mass is 10.3. The first kappa shape index (κ1) is 21.4. The van der Waals surface area contributed by atoms with Crippen molar-refractivity contribution in [3.63, 3.8) is 0 Å². The number of hydrogen-bond acceptors (Lipinski definition) is 7. The summed E-state index contributed by atoms with van der Waals surface area (Å²) in [6.45, 7) is 0. The van der Waals surface area contributed by atoms with Crippen LogP contribution in [-0.4, -0.2) is 28.4 Å². The predicted octanol–water partition coefficient (Wildman–Crippen LogP) is 3.65. The highest BCUT2D eigenvalue weighted by Crippen LogP contribution is 2.27. The van der Waals surface area contributed by atoms with Crippen LogP contribution in [0.1, 0.15) is 0 Å². The number of rotatable bonds is 6. The van der Waals surface area contributed by atoms with Crippen LogP contribution >= 0.6 is 23.8 Å². The molecule has 3 aromatic rings. The van der Waals surface area contributed by atoms with Gasteiger partial charge in [-0.15, -0.1) is 0 Å². The molecule has 13 heteroatoms. The van der Waals surface area contributed by atoms with E-state index in [1.54, 1.807) is 6.07 Å². The first-order chi connectivity index (χ1) is 14.2. The van der Waals surface area contributed by atoms with Gasteiger partial charge in [0.25, 0.3) is 15.7 Å². The van der Waals surface area contributed by atoms with Crippen molar-refractivity contribution in [2.75, 3.05) is 15.4 Å². The summed E-state index contributed by atoms with van der Waals surface area (Å²) < 4.78 is 27.0. The second-order valence-corrected chi connectivity index (χ2v) is 8.20. The molecule has 30 heavy (non-hydrogen) atoms. The van der Waals surface area contributed by atoms with Crippen LogP contribution in [0.4, 0.5) is 23.0 Å². The van der Waals surface area contributed by atoms with Crippen LogP contribution in [0.25, 0.3) is 0 Å². The summed E-state index contributed by atoms with van der Waals surface area (Å²) in [6, 6.07) is 11.5. The highest BCUT2D eigenvalue weighted by Gasteiger charge is 2.16. The number of aromatic nitrogens is 2. The number of sulfonamides is 1. The van der Waals surface area contributed by atoms with Gasteiger partial charge in [-0.05, 0) is 54.7 Å². The number of hydrogen-bond donors (Lipinski definition) is 3. The van der Waals surface area contributed by atoms with Crippen LogP contribution in [-0.2, 0) is 10.0 Å². The molecule has 0 amide bonds. The van der Waals surface area contributed by atoms with Crippen molar-refractivity contribution in [2.24, 2.45) is 0 Å². The van der Waals surface area contributed by atoms with E-state index in [9.17, 15) is 18.5 Å². The molecular formula is C17H13ClN6O4S2. The van der Waals surface area contributed by atoms with Gasteiger partial charge in [0.2, 0.25) is 5.95 Å². The van der Waals surface area contributed by atoms with E-state index in [0.29, 0.717) is 11.4 Å². The fraction of sp³-hybridized carbons (Fsp3) is 0. The minimum Gasteiger partial charge on any atom is -0.332 e. The zero-order chi connectivity index (χ0) is 21.7. The SMILES string of the molecule is O=[N+]([O-])c1cc(NC(=S)Nc2ccc(S(=O)(=O)Nc3ncccn3)cc2)ccc1Cl. The van der Waals surface area contributed by atoms with E-state index in [-0.39, 0.29) is 26.7 Å². The van der Waals surface area contributed by atoms with E-state index >= 15 is 0 Å². The van der Waals surface area contributed by atoms with E-state index in [1.165, 1.54) is 54.9 Å². The van der Waals surface area contributed by atoms with Crippen LogP contribution in [0, 0.1) is 10.1 Å². The molecule has 0 saturated heterocycles. The second kappa shape index (κ2) is 8.98. The smallest absolute Gasteiger partial charge is 0.289 e. The lowest BCUT2D eigenvalue weighted by Gasteiger charge is -2.11. The van der Waals surface area contributed by atoms with Gasteiger partial charge in [0.15, 0.2) is 5.11 Å². The van der Waals surface area contributed by atoms with Gasteiger partial charge in [-0.1, -0.05) is 11.6 Å². The molecule has 0 aliphatic carbocycles. The fourth-order valence-electron chi connectivity index (χ4n) is 2.27. The van der Waals surface area contributed by atoms with Crippen LogP contribution in [0.3, 0.4) is 0 Å². The molecule has 0 saturated carbocycles. The number of anilines is 3. The largest absolute Gasteiger partial charge is 0.332 e. The standard InChI is InChI=1S/C17H13ClN6O4S2/c18-14-7-4-12(10-15(14)24(25)26)22-17(29)21-11-2-5-13(6-3-11)30(27,28)23-16-19-8-1-9-20-16/h1-10H,(H,19,20,23)(H2,21,22,29). The molecule has 0 atom stereocenters. The number of nitro benzene ring substituents is 1. The molecule has 2 aromatic carbocycles. The molecule has 0 aliphatic heterocycles. The van der Waals surface area contributed by atoms with Gasteiger partial charge in [-0.25, -0.2) is 23.1 Å². The Bertz CT molecular complexity index is 1190. The van der Waals surface area contributed by atoms with E-state index < -0.39 is 14.9 Å². The van der Waals surface area contributed by atoms with Gasteiger partial charge >= 0.3 is 0 Å². The number of halogens is 1. The quantitative estimate of drug-likeness (QED) is 0.283. The lowest BCUT2D eigenvalue weighted by molar-refractivity contribution is -0.384.